The van der Waals surface area contributed by atoms with Crippen molar-refractivity contribution in [2.24, 2.45) is 5.92 Å². The standard InChI is InChI=1S/C39H58Si4/c1-26-17-20-33(36(23-26)40(8,9)10)43(39-31(6)29(4)30(5)32(39)7,34-21-18-27(2)24-37(34)41(11,12)13)35-22-19-28(3)25-38(35)42(14,15)16/h17-25,31H,1-16H3. The predicted molar refractivity (Wildman–Crippen MR) is 207 cm³/mol. The van der Waals surface area contributed by atoms with Gasteiger partial charge >= 0.3 is 0 Å². The molecule has 1 aliphatic rings. The lowest BCUT2D eigenvalue weighted by atomic mass is 10.1. The van der Waals surface area contributed by atoms with Crippen LogP contribution in [0.1, 0.15) is 44.4 Å². The first-order valence-electron chi connectivity index (χ1n) is 16.4. The van der Waals surface area contributed by atoms with Crippen molar-refractivity contribution in [3.8, 4) is 0 Å². The van der Waals surface area contributed by atoms with E-state index < -0.39 is 32.3 Å². The molecule has 0 saturated heterocycles. The second kappa shape index (κ2) is 11.4. The van der Waals surface area contributed by atoms with E-state index in [4.69, 9.17) is 0 Å². The first kappa shape index (κ1) is 33.9. The molecular formula is C39H58Si4. The zero-order valence-electron chi connectivity index (χ0n) is 30.3. The molecular weight excluding hydrogens is 581 g/mol. The van der Waals surface area contributed by atoms with Gasteiger partial charge in [0.25, 0.3) is 0 Å². The van der Waals surface area contributed by atoms with E-state index >= 15 is 0 Å². The van der Waals surface area contributed by atoms with Gasteiger partial charge in [0.15, 0.2) is 8.07 Å². The summed E-state index contributed by atoms with van der Waals surface area (Å²) in [5, 5.41) is 11.8. The minimum absolute atomic E-state index is 0.425. The smallest absolute Gasteiger partial charge is 0.0656 e. The van der Waals surface area contributed by atoms with Gasteiger partial charge in [-0.15, -0.1) is 0 Å². The van der Waals surface area contributed by atoms with E-state index in [0.29, 0.717) is 5.92 Å². The Labute approximate surface area is 268 Å². The van der Waals surface area contributed by atoms with Crippen LogP contribution in [0.3, 0.4) is 0 Å². The molecule has 1 unspecified atom stereocenters. The minimum atomic E-state index is -2.79. The number of rotatable bonds is 7. The fourth-order valence-corrected chi connectivity index (χ4v) is 23.2. The molecule has 230 valence electrons. The molecule has 0 aliphatic heterocycles. The summed E-state index contributed by atoms with van der Waals surface area (Å²) in [5.41, 5.74) is 8.82. The number of hydrogen-bond acceptors (Lipinski definition) is 0. The SMILES string of the molecule is CC1=C(C)C(C)C([Si](c2ccc(C)cc2[Si](C)(C)C)(c2ccc(C)cc2[Si](C)(C)C)c2ccc(C)cc2[Si](C)(C)C)=C1C. The van der Waals surface area contributed by atoms with E-state index in [0.717, 1.165) is 0 Å². The maximum Gasteiger partial charge on any atom is 0.176 e. The van der Waals surface area contributed by atoms with Crippen LogP contribution in [0.5, 0.6) is 0 Å². The van der Waals surface area contributed by atoms with Crippen molar-refractivity contribution in [3.63, 3.8) is 0 Å². The molecule has 0 spiro atoms. The largest absolute Gasteiger partial charge is 0.176 e. The molecule has 4 rings (SSSR count). The third kappa shape index (κ3) is 5.90. The van der Waals surface area contributed by atoms with Crippen LogP contribution in [0.2, 0.25) is 58.9 Å². The van der Waals surface area contributed by atoms with Gasteiger partial charge in [-0.3, -0.25) is 0 Å². The molecule has 3 aromatic carbocycles. The van der Waals surface area contributed by atoms with Gasteiger partial charge in [0.05, 0.1) is 24.2 Å². The molecule has 0 aromatic heterocycles. The first-order chi connectivity index (χ1) is 19.6. The van der Waals surface area contributed by atoms with Crippen molar-refractivity contribution < 1.29 is 0 Å². The minimum Gasteiger partial charge on any atom is -0.0656 e. The maximum atomic E-state index is 2.62. The molecule has 0 N–H and O–H groups in total. The summed E-state index contributed by atoms with van der Waals surface area (Å²) >= 11 is 0. The summed E-state index contributed by atoms with van der Waals surface area (Å²) in [6.45, 7) is 39.8. The Hall–Kier alpha value is -1.99. The van der Waals surface area contributed by atoms with Crippen LogP contribution in [0.15, 0.2) is 76.5 Å². The van der Waals surface area contributed by atoms with Crippen molar-refractivity contribution in [3.05, 3.63) is 93.2 Å². The molecule has 0 saturated carbocycles. The summed E-state index contributed by atoms with van der Waals surface area (Å²) in [6, 6.07) is 23.0. The number of benzene rings is 3. The van der Waals surface area contributed by atoms with Gasteiger partial charge < -0.3 is 0 Å². The van der Waals surface area contributed by atoms with Crippen molar-refractivity contribution in [1.29, 1.82) is 0 Å². The fraction of sp³-hybridized carbons (Fsp3) is 0.436. The quantitative estimate of drug-likeness (QED) is 0.185. The average Bonchev–Trinajstić information content (AvgIpc) is 3.07. The van der Waals surface area contributed by atoms with Gasteiger partial charge in [-0.1, -0.05) is 169 Å². The Morgan fingerprint density at radius 2 is 0.721 bits per heavy atom. The van der Waals surface area contributed by atoms with E-state index in [1.807, 2.05) is 0 Å². The molecule has 0 amide bonds. The number of aryl methyl sites for hydroxylation is 3. The van der Waals surface area contributed by atoms with Gasteiger partial charge in [0.2, 0.25) is 0 Å². The summed E-state index contributed by atoms with van der Waals surface area (Å²) < 4.78 is 0. The van der Waals surface area contributed by atoms with Crippen LogP contribution in [-0.2, 0) is 0 Å². The van der Waals surface area contributed by atoms with Gasteiger partial charge in [-0.25, -0.2) is 0 Å². The lowest BCUT2D eigenvalue weighted by Crippen LogP contribution is -2.81. The topological polar surface area (TPSA) is 0 Å². The Bertz CT molecular complexity index is 1480. The highest BCUT2D eigenvalue weighted by Crippen LogP contribution is 2.41. The van der Waals surface area contributed by atoms with E-state index in [1.165, 1.54) is 22.3 Å². The Morgan fingerprint density at radius 3 is 0.953 bits per heavy atom. The second-order valence-electron chi connectivity index (χ2n) is 16.7. The Morgan fingerprint density at radius 1 is 0.419 bits per heavy atom. The zero-order valence-corrected chi connectivity index (χ0v) is 34.3. The lowest BCUT2D eigenvalue weighted by molar-refractivity contribution is 0.852. The molecule has 43 heavy (non-hydrogen) atoms. The van der Waals surface area contributed by atoms with Gasteiger partial charge in [0.1, 0.15) is 0 Å². The highest BCUT2D eigenvalue weighted by Gasteiger charge is 2.53. The molecule has 0 bridgehead atoms. The van der Waals surface area contributed by atoms with Crippen LogP contribution < -0.4 is 31.1 Å². The predicted octanol–water partition coefficient (Wildman–Crippen LogP) is 7.56. The summed E-state index contributed by atoms with van der Waals surface area (Å²) in [7, 11) is -8.01. The van der Waals surface area contributed by atoms with E-state index in [-0.39, 0.29) is 0 Å². The van der Waals surface area contributed by atoms with Crippen LogP contribution >= 0.6 is 0 Å². The molecule has 1 atom stereocenters. The van der Waals surface area contributed by atoms with Crippen LogP contribution in [0.4, 0.5) is 0 Å². The van der Waals surface area contributed by atoms with Crippen LogP contribution in [0, 0.1) is 26.7 Å². The number of allylic oxidation sites excluding steroid dienone is 4. The average molecular weight is 639 g/mol. The molecule has 4 heteroatoms. The molecule has 0 heterocycles. The van der Waals surface area contributed by atoms with E-state index in [1.54, 1.807) is 47.5 Å². The van der Waals surface area contributed by atoms with Crippen LogP contribution in [0.25, 0.3) is 0 Å². The van der Waals surface area contributed by atoms with E-state index in [2.05, 4.69) is 162 Å². The lowest BCUT2D eigenvalue weighted by Gasteiger charge is -2.45. The van der Waals surface area contributed by atoms with Crippen molar-refractivity contribution in [2.75, 3.05) is 0 Å². The molecule has 0 nitrogen and oxygen atoms in total. The third-order valence-corrected chi connectivity index (χ3v) is 22.4. The van der Waals surface area contributed by atoms with E-state index in [9.17, 15) is 0 Å². The molecule has 0 fully saturated rings. The van der Waals surface area contributed by atoms with Gasteiger partial charge in [-0.2, -0.15) is 0 Å². The maximum absolute atomic E-state index is 2.79. The van der Waals surface area contributed by atoms with Gasteiger partial charge in [0, 0.05) is 0 Å². The number of hydrogen-bond donors (Lipinski definition) is 0. The Kier molecular flexibility index (Phi) is 9.00. The fourth-order valence-electron chi connectivity index (χ4n) is 7.66. The summed E-state index contributed by atoms with van der Waals surface area (Å²) in [4.78, 5) is 0. The van der Waals surface area contributed by atoms with Gasteiger partial charge in [-0.05, 0) is 68.6 Å². The zero-order chi connectivity index (χ0) is 32.4. The van der Waals surface area contributed by atoms with Crippen molar-refractivity contribution in [2.45, 2.75) is 107 Å². The van der Waals surface area contributed by atoms with Crippen LogP contribution in [-0.4, -0.2) is 32.3 Å². The summed E-state index contributed by atoms with van der Waals surface area (Å²) in [5.74, 6) is 0.425. The Balaban J connectivity index is 2.48. The highest BCUT2D eigenvalue weighted by molar-refractivity contribution is 7.22. The van der Waals surface area contributed by atoms with Crippen molar-refractivity contribution in [1.82, 2.24) is 0 Å². The third-order valence-electron chi connectivity index (χ3n) is 10.2. The summed E-state index contributed by atoms with van der Waals surface area (Å²) in [6.07, 6.45) is 0. The highest BCUT2D eigenvalue weighted by atomic mass is 28.3. The first-order valence-corrected chi connectivity index (χ1v) is 28.9. The normalized spacial score (nSPS) is 16.9. The molecule has 1 aliphatic carbocycles. The molecule has 3 aromatic rings. The van der Waals surface area contributed by atoms with Crippen molar-refractivity contribution >= 4 is 63.4 Å². The monoisotopic (exact) mass is 638 g/mol. The molecule has 0 radical (unpaired) electrons. The second-order valence-corrected chi connectivity index (χ2v) is 35.5.